The van der Waals surface area contributed by atoms with Crippen LogP contribution >= 0.6 is 0 Å². The van der Waals surface area contributed by atoms with Crippen LogP contribution in [0.5, 0.6) is 5.75 Å². The molecule has 4 aromatic rings. The highest BCUT2D eigenvalue weighted by atomic mass is 16.5. The second-order valence-electron chi connectivity index (χ2n) is 11.4. The predicted molar refractivity (Wildman–Crippen MR) is 186 cm³/mol. The van der Waals surface area contributed by atoms with Gasteiger partial charge in [-0.2, -0.15) is 0 Å². The Balaban J connectivity index is 0.00000294. The number of hydrogen-bond donors (Lipinski definition) is 4. The van der Waals surface area contributed by atoms with Gasteiger partial charge in [-0.3, -0.25) is 14.4 Å². The van der Waals surface area contributed by atoms with Crippen LogP contribution in [-0.2, 0) is 17.8 Å². The summed E-state index contributed by atoms with van der Waals surface area (Å²) in [5.74, 6) is 0.429. The molecule has 1 heterocycles. The highest BCUT2D eigenvalue weighted by Crippen LogP contribution is 2.28. The molecule has 10 heteroatoms. The number of methoxy groups -OCH3 is 1. The van der Waals surface area contributed by atoms with E-state index in [9.17, 15) is 14.4 Å². The third-order valence-electron chi connectivity index (χ3n) is 8.15. The number of rotatable bonds is 14. The van der Waals surface area contributed by atoms with Crippen molar-refractivity contribution in [3.05, 3.63) is 106 Å². The maximum atomic E-state index is 14.6. The quantitative estimate of drug-likeness (QED) is 0.137. The second-order valence-corrected chi connectivity index (χ2v) is 11.4. The fraction of sp³-hybridized carbons (Fsp3) is 0.351. The molecule has 1 aromatic heterocycles. The molecule has 2 atom stereocenters. The van der Waals surface area contributed by atoms with Crippen molar-refractivity contribution >= 4 is 17.6 Å². The van der Waals surface area contributed by atoms with Crippen molar-refractivity contribution in [3.8, 4) is 17.0 Å². The van der Waals surface area contributed by atoms with Crippen LogP contribution < -0.4 is 21.5 Å². The molecule has 3 aromatic carbocycles. The van der Waals surface area contributed by atoms with Crippen molar-refractivity contribution in [2.75, 3.05) is 20.7 Å². The first-order valence-electron chi connectivity index (χ1n) is 15.8. The summed E-state index contributed by atoms with van der Waals surface area (Å²) >= 11 is 0. The lowest BCUT2D eigenvalue weighted by Crippen LogP contribution is -2.48. The first-order valence-corrected chi connectivity index (χ1v) is 15.8. The number of aromatic amines is 1. The Labute approximate surface area is 277 Å². The fourth-order valence-corrected chi connectivity index (χ4v) is 5.62. The van der Waals surface area contributed by atoms with Crippen molar-refractivity contribution in [2.45, 2.75) is 66.1 Å². The minimum absolute atomic E-state index is 0.105. The van der Waals surface area contributed by atoms with Crippen LogP contribution in [0.4, 0.5) is 0 Å². The van der Waals surface area contributed by atoms with E-state index in [-0.39, 0.29) is 18.2 Å². The van der Waals surface area contributed by atoms with E-state index in [0.29, 0.717) is 35.7 Å². The van der Waals surface area contributed by atoms with E-state index in [0.717, 1.165) is 39.9 Å². The van der Waals surface area contributed by atoms with E-state index in [4.69, 9.17) is 10.5 Å². The number of hydrogen-bond acceptors (Lipinski definition) is 7. The molecule has 2 unspecified atom stereocenters. The maximum Gasteiger partial charge on any atom is 0.248 e. The summed E-state index contributed by atoms with van der Waals surface area (Å²) in [4.78, 5) is 48.9. The van der Waals surface area contributed by atoms with E-state index in [1.54, 1.807) is 35.4 Å². The Morgan fingerprint density at radius 1 is 1.02 bits per heavy atom. The maximum absolute atomic E-state index is 14.6. The summed E-state index contributed by atoms with van der Waals surface area (Å²) < 4.78 is 5.41. The number of ketones is 1. The molecule has 250 valence electrons. The first kappa shape index (κ1) is 36.7. The van der Waals surface area contributed by atoms with Crippen LogP contribution in [0.15, 0.2) is 66.9 Å². The van der Waals surface area contributed by atoms with Gasteiger partial charge >= 0.3 is 0 Å². The van der Waals surface area contributed by atoms with Crippen LogP contribution in [0.3, 0.4) is 0 Å². The van der Waals surface area contributed by atoms with Gasteiger partial charge in [0.25, 0.3) is 0 Å². The van der Waals surface area contributed by atoms with Gasteiger partial charge in [-0.15, -0.1) is 0 Å². The van der Waals surface area contributed by atoms with Crippen LogP contribution in [0.1, 0.15) is 82.0 Å². The van der Waals surface area contributed by atoms with Gasteiger partial charge in [0.15, 0.2) is 5.78 Å². The van der Waals surface area contributed by atoms with Crippen LogP contribution in [0, 0.1) is 13.8 Å². The number of carbonyl (C=O) groups is 3. The molecule has 0 radical (unpaired) electrons. The molecule has 0 saturated carbocycles. The third-order valence-corrected chi connectivity index (χ3v) is 8.15. The minimum Gasteiger partial charge on any atom is -0.496 e. The zero-order valence-corrected chi connectivity index (χ0v) is 28.5. The number of amides is 2. The number of ether oxygens (including phenoxy) is 1. The zero-order valence-electron chi connectivity index (χ0n) is 28.5. The Kier molecular flexibility index (Phi) is 13.4. The number of H-pyrrole nitrogens is 1. The average Bonchev–Trinajstić information content (AvgIpc) is 3.57. The number of aromatic nitrogens is 2. The lowest BCUT2D eigenvalue weighted by atomic mass is 9.93. The molecule has 4 rings (SSSR count). The zero-order chi connectivity index (χ0) is 34.7. The van der Waals surface area contributed by atoms with E-state index >= 15 is 0 Å². The third kappa shape index (κ3) is 9.15. The molecular weight excluding hydrogens is 592 g/mol. The number of nitrogens with two attached hydrogens (primary N) is 2. The fourth-order valence-electron chi connectivity index (χ4n) is 5.62. The Morgan fingerprint density at radius 2 is 1.68 bits per heavy atom. The van der Waals surface area contributed by atoms with Gasteiger partial charge in [0.1, 0.15) is 11.6 Å². The molecule has 0 spiro atoms. The minimum atomic E-state index is -0.557. The van der Waals surface area contributed by atoms with E-state index in [1.165, 1.54) is 21.1 Å². The number of primary amides is 1. The Bertz CT molecular complexity index is 1640. The number of benzene rings is 3. The number of imidazole rings is 1. The molecule has 2 amide bonds. The monoisotopic (exact) mass is 640 g/mol. The Morgan fingerprint density at radius 3 is 2.26 bits per heavy atom. The summed E-state index contributed by atoms with van der Waals surface area (Å²) in [5, 5.41) is 3.47. The summed E-state index contributed by atoms with van der Waals surface area (Å²) in [6.07, 6.45) is 3.05. The van der Waals surface area contributed by atoms with Crippen molar-refractivity contribution in [2.24, 2.45) is 11.5 Å². The van der Waals surface area contributed by atoms with Crippen LogP contribution in [-0.4, -0.2) is 59.2 Å². The van der Waals surface area contributed by atoms with Gasteiger partial charge in [-0.05, 0) is 106 Å². The first-order chi connectivity index (χ1) is 22.5. The van der Waals surface area contributed by atoms with Gasteiger partial charge in [0.05, 0.1) is 36.6 Å². The SMILES string of the molecule is CCCNC(Cc1c(C)cc(C(N)=O)cc1C)C(=O)N(Cc1ccc(OC)c(C(C)=O)c1)C(C)c1ncc(-c2ccccc2)[nH]1.CN. The second kappa shape index (κ2) is 17.2. The molecule has 0 bridgehead atoms. The highest BCUT2D eigenvalue weighted by Gasteiger charge is 2.31. The van der Waals surface area contributed by atoms with Crippen molar-refractivity contribution in [1.82, 2.24) is 20.2 Å². The molecule has 0 saturated heterocycles. The summed E-state index contributed by atoms with van der Waals surface area (Å²) in [6.45, 7) is 10.3. The number of aryl methyl sites for hydroxylation is 2. The number of nitrogens with one attached hydrogen (secondary N) is 2. The van der Waals surface area contributed by atoms with E-state index in [1.807, 2.05) is 57.2 Å². The van der Waals surface area contributed by atoms with Crippen LogP contribution in [0.2, 0.25) is 0 Å². The normalized spacial score (nSPS) is 12.0. The average molecular weight is 641 g/mol. The lowest BCUT2D eigenvalue weighted by molar-refractivity contribution is -0.136. The van der Waals surface area contributed by atoms with E-state index in [2.05, 4.69) is 27.9 Å². The molecule has 0 aliphatic carbocycles. The molecule has 0 aliphatic heterocycles. The largest absolute Gasteiger partial charge is 0.496 e. The highest BCUT2D eigenvalue weighted by molar-refractivity contribution is 5.97. The summed E-state index contributed by atoms with van der Waals surface area (Å²) in [5.41, 5.74) is 16.4. The number of Topliss-reactive ketones (excluding diaryl/α,β-unsaturated/α-hetero) is 1. The topological polar surface area (TPSA) is 156 Å². The number of nitrogens with zero attached hydrogens (tertiary/aromatic N) is 2. The molecule has 0 aliphatic rings. The molecule has 47 heavy (non-hydrogen) atoms. The van der Waals surface area contributed by atoms with E-state index < -0.39 is 18.0 Å². The van der Waals surface area contributed by atoms with Crippen molar-refractivity contribution in [1.29, 1.82) is 0 Å². The summed E-state index contributed by atoms with van der Waals surface area (Å²) in [7, 11) is 3.03. The van der Waals surface area contributed by atoms with Gasteiger partial charge in [0, 0.05) is 12.1 Å². The smallest absolute Gasteiger partial charge is 0.248 e. The predicted octanol–water partition coefficient (Wildman–Crippen LogP) is 5.28. The molecule has 0 fully saturated rings. The van der Waals surface area contributed by atoms with Crippen LogP contribution in [0.25, 0.3) is 11.3 Å². The van der Waals surface area contributed by atoms with Gasteiger partial charge < -0.3 is 31.4 Å². The molecule has 10 nitrogen and oxygen atoms in total. The summed E-state index contributed by atoms with van der Waals surface area (Å²) in [6, 6.07) is 17.9. The molecule has 6 N–H and O–H groups in total. The standard InChI is InChI=1S/C36H43N5O4.CH5N/c1-7-15-38-31(19-29-22(2)16-28(34(37)43)17-23(29)3)36(44)41(21-26-13-14-33(45-6)30(18-26)25(5)42)24(4)35-39-20-32(40-35)27-11-9-8-10-12-27;1-2/h8-14,16-18,20,24,31,38H,7,15,19,21H2,1-6H3,(H2,37,43)(H,39,40);2H2,1H3. The number of carbonyl (C=O) groups excluding carboxylic acids is 3. The molecular formula is C37H48N6O4. The van der Waals surface area contributed by atoms with Gasteiger partial charge in [0.2, 0.25) is 11.8 Å². The van der Waals surface area contributed by atoms with Crippen molar-refractivity contribution in [3.63, 3.8) is 0 Å². The Hall–Kier alpha value is -4.80. The van der Waals surface area contributed by atoms with Gasteiger partial charge in [-0.1, -0.05) is 43.3 Å². The van der Waals surface area contributed by atoms with Gasteiger partial charge in [-0.25, -0.2) is 4.98 Å². The lowest BCUT2D eigenvalue weighted by Gasteiger charge is -2.33. The van der Waals surface area contributed by atoms with Crippen molar-refractivity contribution < 1.29 is 19.1 Å².